The van der Waals surface area contributed by atoms with Crippen molar-refractivity contribution in [1.29, 1.82) is 0 Å². The minimum Gasteiger partial charge on any atom is -0.329 e. The fourth-order valence-corrected chi connectivity index (χ4v) is 5.22. The summed E-state index contributed by atoms with van der Waals surface area (Å²) in [7, 11) is 0. The van der Waals surface area contributed by atoms with E-state index < -0.39 is 11.9 Å². The molecule has 35 heavy (non-hydrogen) atoms. The van der Waals surface area contributed by atoms with Crippen LogP contribution in [0.1, 0.15) is 70.0 Å². The van der Waals surface area contributed by atoms with Crippen molar-refractivity contribution in [3.05, 3.63) is 58.9 Å². The van der Waals surface area contributed by atoms with Crippen LogP contribution in [0, 0.1) is 6.92 Å². The highest BCUT2D eigenvalue weighted by Gasteiger charge is 2.39. The smallest absolute Gasteiger partial charge is 0.255 e. The number of amides is 4. The Morgan fingerprint density at radius 3 is 2.71 bits per heavy atom. The molecule has 9 heteroatoms. The number of hydrogen-bond acceptors (Lipinski definition) is 5. The van der Waals surface area contributed by atoms with Crippen LogP contribution in [-0.2, 0) is 16.1 Å². The van der Waals surface area contributed by atoms with Crippen molar-refractivity contribution < 1.29 is 19.2 Å². The Bertz CT molecular complexity index is 1420. The number of carbonyl (C=O) groups is 4. The molecule has 1 saturated carbocycles. The molecule has 3 aliphatic rings. The van der Waals surface area contributed by atoms with Crippen molar-refractivity contribution in [3.8, 4) is 0 Å². The third-order valence-corrected chi connectivity index (χ3v) is 7.38. The highest BCUT2D eigenvalue weighted by atomic mass is 16.2. The minimum atomic E-state index is -0.682. The maximum Gasteiger partial charge on any atom is 0.255 e. The van der Waals surface area contributed by atoms with Crippen LogP contribution in [0.5, 0.6) is 0 Å². The van der Waals surface area contributed by atoms with Crippen molar-refractivity contribution in [2.24, 2.45) is 0 Å². The molecule has 3 aromatic rings. The van der Waals surface area contributed by atoms with Crippen LogP contribution in [0.4, 0.5) is 5.69 Å². The van der Waals surface area contributed by atoms with E-state index in [2.05, 4.69) is 33.3 Å². The molecule has 4 amide bonds. The van der Waals surface area contributed by atoms with E-state index in [4.69, 9.17) is 0 Å². The summed E-state index contributed by atoms with van der Waals surface area (Å²) < 4.78 is 2.24. The van der Waals surface area contributed by atoms with Gasteiger partial charge >= 0.3 is 0 Å². The quantitative estimate of drug-likeness (QED) is 0.568. The van der Waals surface area contributed by atoms with E-state index in [0.717, 1.165) is 16.6 Å². The lowest BCUT2D eigenvalue weighted by molar-refractivity contribution is -0.136. The first-order valence-electron chi connectivity index (χ1n) is 11.9. The van der Waals surface area contributed by atoms with Gasteiger partial charge in [-0.3, -0.25) is 24.5 Å². The number of nitrogens with zero attached hydrogens (tertiary/aromatic N) is 3. The van der Waals surface area contributed by atoms with Gasteiger partial charge < -0.3 is 14.8 Å². The summed E-state index contributed by atoms with van der Waals surface area (Å²) in [5, 5.41) is 6.24. The van der Waals surface area contributed by atoms with E-state index in [1.165, 1.54) is 24.2 Å². The standard InChI is InChI=1S/C26H25N5O4/c1-14-12-30(18-3-2-4-18)23-20(14)10-17(11-27-23)28-24(33)15-5-6-19-16(9-15)13-31(26(19)35)21-7-8-22(32)29-25(21)34/h5-6,9-12,18,21H,2-4,7-8,13H2,1H3,(H,28,33)(H,29,32,34). The van der Waals surface area contributed by atoms with E-state index in [9.17, 15) is 19.2 Å². The summed E-state index contributed by atoms with van der Waals surface area (Å²) in [6.07, 6.45) is 7.90. The number of carbonyl (C=O) groups excluding carboxylic acids is 4. The zero-order valence-electron chi connectivity index (χ0n) is 19.3. The molecule has 1 unspecified atom stereocenters. The second-order valence-corrected chi connectivity index (χ2v) is 9.63. The highest BCUT2D eigenvalue weighted by Crippen LogP contribution is 2.36. The summed E-state index contributed by atoms with van der Waals surface area (Å²) >= 11 is 0. The zero-order chi connectivity index (χ0) is 24.3. The van der Waals surface area contributed by atoms with Gasteiger partial charge in [0.15, 0.2) is 0 Å². The number of hydrogen-bond donors (Lipinski definition) is 2. The van der Waals surface area contributed by atoms with Gasteiger partial charge in [0.25, 0.3) is 11.8 Å². The Hall–Kier alpha value is -4.01. The molecule has 0 spiro atoms. The number of benzene rings is 1. The largest absolute Gasteiger partial charge is 0.329 e. The predicted molar refractivity (Wildman–Crippen MR) is 128 cm³/mol. The Balaban J connectivity index is 1.20. The van der Waals surface area contributed by atoms with Gasteiger partial charge in [-0.05, 0) is 68.0 Å². The molecule has 1 saturated heterocycles. The second-order valence-electron chi connectivity index (χ2n) is 9.63. The van der Waals surface area contributed by atoms with Crippen molar-refractivity contribution in [1.82, 2.24) is 19.8 Å². The summed E-state index contributed by atoms with van der Waals surface area (Å²) in [5.41, 5.74) is 4.26. The van der Waals surface area contributed by atoms with Crippen LogP contribution < -0.4 is 10.6 Å². The molecule has 2 fully saturated rings. The maximum atomic E-state index is 13.0. The molecule has 1 aromatic carbocycles. The fraction of sp³-hybridized carbons (Fsp3) is 0.346. The van der Waals surface area contributed by atoms with E-state index in [1.54, 1.807) is 24.4 Å². The first-order valence-corrected chi connectivity index (χ1v) is 11.9. The first-order chi connectivity index (χ1) is 16.9. The second kappa shape index (κ2) is 8.04. The molecular weight excluding hydrogens is 446 g/mol. The van der Waals surface area contributed by atoms with Crippen LogP contribution in [0.2, 0.25) is 0 Å². The van der Waals surface area contributed by atoms with Gasteiger partial charge in [0.05, 0.1) is 11.9 Å². The molecule has 1 aliphatic carbocycles. The number of piperidine rings is 1. The Morgan fingerprint density at radius 2 is 1.97 bits per heavy atom. The molecule has 0 radical (unpaired) electrons. The number of aromatic nitrogens is 2. The number of imide groups is 1. The van der Waals surface area contributed by atoms with Crippen LogP contribution in [0.25, 0.3) is 11.0 Å². The third kappa shape index (κ3) is 3.58. The fourth-order valence-electron chi connectivity index (χ4n) is 5.22. The summed E-state index contributed by atoms with van der Waals surface area (Å²) in [6, 6.07) is 6.71. The average Bonchev–Trinajstić information content (AvgIpc) is 3.29. The van der Waals surface area contributed by atoms with E-state index >= 15 is 0 Å². The molecule has 2 aromatic heterocycles. The number of rotatable bonds is 4. The number of anilines is 1. The van der Waals surface area contributed by atoms with E-state index in [0.29, 0.717) is 34.8 Å². The first kappa shape index (κ1) is 21.5. The Morgan fingerprint density at radius 1 is 1.14 bits per heavy atom. The number of fused-ring (bicyclic) bond motifs is 2. The predicted octanol–water partition coefficient (Wildman–Crippen LogP) is 3.08. The summed E-state index contributed by atoms with van der Waals surface area (Å²) in [5.74, 6) is -1.33. The Kier molecular flexibility index (Phi) is 4.94. The lowest BCUT2D eigenvalue weighted by atomic mass is 9.93. The third-order valence-electron chi connectivity index (χ3n) is 7.38. The molecule has 178 valence electrons. The molecule has 9 nitrogen and oxygen atoms in total. The average molecular weight is 472 g/mol. The van der Waals surface area contributed by atoms with Crippen LogP contribution in [-0.4, -0.2) is 44.1 Å². The topological polar surface area (TPSA) is 113 Å². The van der Waals surface area contributed by atoms with E-state index in [1.807, 2.05) is 6.07 Å². The van der Waals surface area contributed by atoms with Gasteiger partial charge in [-0.25, -0.2) is 4.98 Å². The van der Waals surface area contributed by atoms with Crippen molar-refractivity contribution in [2.45, 2.75) is 57.7 Å². The molecule has 2 N–H and O–H groups in total. The van der Waals surface area contributed by atoms with Crippen LogP contribution in [0.15, 0.2) is 36.7 Å². The SMILES string of the molecule is Cc1cn(C2CCC2)c2ncc(NC(=O)c3ccc4c(c3)CN(C3CCC(=O)NC3=O)C4=O)cc12. The van der Waals surface area contributed by atoms with Crippen molar-refractivity contribution in [2.75, 3.05) is 5.32 Å². The molecule has 2 aliphatic heterocycles. The maximum absolute atomic E-state index is 13.0. The molecule has 1 atom stereocenters. The van der Waals surface area contributed by atoms with Crippen molar-refractivity contribution >= 4 is 40.3 Å². The number of nitrogens with one attached hydrogen (secondary N) is 2. The Labute approximate surface area is 201 Å². The number of aryl methyl sites for hydroxylation is 1. The van der Waals surface area contributed by atoms with Gasteiger partial charge in [0.1, 0.15) is 11.7 Å². The summed E-state index contributed by atoms with van der Waals surface area (Å²) in [4.78, 5) is 55.7. The van der Waals surface area contributed by atoms with Crippen molar-refractivity contribution in [3.63, 3.8) is 0 Å². The number of pyridine rings is 1. The van der Waals surface area contributed by atoms with Crippen LogP contribution >= 0.6 is 0 Å². The monoisotopic (exact) mass is 471 g/mol. The van der Waals surface area contributed by atoms with E-state index in [-0.39, 0.29) is 30.7 Å². The van der Waals surface area contributed by atoms with Gasteiger partial charge in [-0.2, -0.15) is 0 Å². The molecule has 4 heterocycles. The van der Waals surface area contributed by atoms with Gasteiger partial charge in [-0.1, -0.05) is 0 Å². The van der Waals surface area contributed by atoms with Gasteiger partial charge in [-0.15, -0.1) is 0 Å². The summed E-state index contributed by atoms with van der Waals surface area (Å²) in [6.45, 7) is 2.28. The van der Waals surface area contributed by atoms with Gasteiger partial charge in [0.2, 0.25) is 11.8 Å². The lowest BCUT2D eigenvalue weighted by Gasteiger charge is -2.29. The normalized spacial score (nSPS) is 20.1. The molecule has 0 bridgehead atoms. The minimum absolute atomic E-state index is 0.200. The zero-order valence-corrected chi connectivity index (χ0v) is 19.3. The highest BCUT2D eigenvalue weighted by molar-refractivity contribution is 6.08. The molecular formula is C26H25N5O4. The van der Waals surface area contributed by atoms with Gasteiger partial charge in [0, 0.05) is 41.7 Å². The lowest BCUT2D eigenvalue weighted by Crippen LogP contribution is -2.52. The van der Waals surface area contributed by atoms with Crippen LogP contribution in [0.3, 0.4) is 0 Å². The molecule has 6 rings (SSSR count).